The lowest BCUT2D eigenvalue weighted by Gasteiger charge is -2.21. The number of fused-ring (bicyclic) bond motifs is 1. The van der Waals surface area contributed by atoms with Gasteiger partial charge in [-0.1, -0.05) is 32.4 Å². The van der Waals surface area contributed by atoms with Crippen molar-refractivity contribution in [1.82, 2.24) is 10.6 Å². The number of rotatable bonds is 5. The highest BCUT2D eigenvalue weighted by molar-refractivity contribution is 5.74. The van der Waals surface area contributed by atoms with Crippen molar-refractivity contribution in [3.05, 3.63) is 29.6 Å². The quantitative estimate of drug-likeness (QED) is 0.780. The number of hydrogen-bond donors (Lipinski definition) is 3. The van der Waals surface area contributed by atoms with Gasteiger partial charge in [0.05, 0.1) is 18.8 Å². The summed E-state index contributed by atoms with van der Waals surface area (Å²) in [6, 6.07) is 4.06. The Labute approximate surface area is 136 Å². The van der Waals surface area contributed by atoms with E-state index in [1.165, 1.54) is 6.07 Å². The zero-order chi connectivity index (χ0) is 16.8. The van der Waals surface area contributed by atoms with Gasteiger partial charge in [-0.05, 0) is 24.8 Å². The Hall–Kier alpha value is -1.82. The summed E-state index contributed by atoms with van der Waals surface area (Å²) in [7, 11) is 0. The molecule has 3 unspecified atom stereocenters. The molecule has 0 radical (unpaired) electrons. The lowest BCUT2D eigenvalue weighted by atomic mass is 10.0. The Balaban J connectivity index is 1.97. The zero-order valence-electron chi connectivity index (χ0n) is 13.6. The van der Waals surface area contributed by atoms with Crippen LogP contribution in [0, 0.1) is 11.7 Å². The Morgan fingerprint density at radius 2 is 2.30 bits per heavy atom. The molecule has 6 heteroatoms. The number of benzene rings is 1. The third-order valence-electron chi connectivity index (χ3n) is 4.33. The van der Waals surface area contributed by atoms with Crippen LogP contribution in [0.2, 0.25) is 0 Å². The summed E-state index contributed by atoms with van der Waals surface area (Å²) in [5.41, 5.74) is 0.653. The van der Waals surface area contributed by atoms with E-state index in [1.54, 1.807) is 12.1 Å². The van der Waals surface area contributed by atoms with Gasteiger partial charge in [0.1, 0.15) is 0 Å². The monoisotopic (exact) mass is 324 g/mol. The molecule has 0 aromatic heterocycles. The molecule has 2 amide bonds. The summed E-state index contributed by atoms with van der Waals surface area (Å²) in [6.45, 7) is 4.55. The first-order valence-electron chi connectivity index (χ1n) is 8.16. The number of aliphatic hydroxyl groups is 1. The largest absolute Gasteiger partial charge is 0.490 e. The second-order valence-corrected chi connectivity index (χ2v) is 6.01. The van der Waals surface area contributed by atoms with Crippen LogP contribution in [0.25, 0.3) is 0 Å². The number of carbonyl (C=O) groups excluding carboxylic acids is 1. The van der Waals surface area contributed by atoms with Crippen molar-refractivity contribution >= 4 is 6.03 Å². The Morgan fingerprint density at radius 3 is 3.04 bits per heavy atom. The molecule has 1 aromatic carbocycles. The summed E-state index contributed by atoms with van der Waals surface area (Å²) < 4.78 is 19.3. The number of aliphatic hydroxyl groups excluding tert-OH is 1. The standard InChI is InChI=1S/C17H25FN2O3/c1-3-11(2)15(21)10-19-17(22)20-14-8-5-9-23-16-12(14)6-4-7-13(16)18/h4,6-7,11,14-15,21H,3,5,8-10H2,1-2H3,(H2,19,20,22). The molecule has 0 spiro atoms. The Morgan fingerprint density at radius 1 is 1.52 bits per heavy atom. The molecule has 3 atom stereocenters. The molecule has 23 heavy (non-hydrogen) atoms. The second kappa shape index (κ2) is 8.15. The van der Waals surface area contributed by atoms with Gasteiger partial charge < -0.3 is 20.5 Å². The van der Waals surface area contributed by atoms with Crippen molar-refractivity contribution in [1.29, 1.82) is 0 Å². The lowest BCUT2D eigenvalue weighted by molar-refractivity contribution is 0.114. The summed E-state index contributed by atoms with van der Waals surface area (Å²) in [4.78, 5) is 12.1. The number of urea groups is 1. The molecule has 3 N–H and O–H groups in total. The van der Waals surface area contributed by atoms with Crippen LogP contribution in [0.3, 0.4) is 0 Å². The Bertz CT molecular complexity index is 539. The van der Waals surface area contributed by atoms with Gasteiger partial charge in [0.25, 0.3) is 0 Å². The van der Waals surface area contributed by atoms with Crippen LogP contribution in [0.1, 0.15) is 44.7 Å². The van der Waals surface area contributed by atoms with Crippen molar-refractivity contribution in [2.24, 2.45) is 5.92 Å². The number of para-hydroxylation sites is 1. The molecular formula is C17H25FN2O3. The van der Waals surface area contributed by atoms with Crippen LogP contribution < -0.4 is 15.4 Å². The van der Waals surface area contributed by atoms with Crippen LogP contribution in [-0.2, 0) is 0 Å². The van der Waals surface area contributed by atoms with Gasteiger partial charge >= 0.3 is 6.03 Å². The number of amides is 2. The van der Waals surface area contributed by atoms with E-state index in [0.717, 1.165) is 12.8 Å². The SMILES string of the molecule is CCC(C)C(O)CNC(=O)NC1CCCOc2c(F)cccc21. The molecule has 0 bridgehead atoms. The van der Waals surface area contributed by atoms with Gasteiger partial charge in [-0.25, -0.2) is 9.18 Å². The van der Waals surface area contributed by atoms with E-state index in [4.69, 9.17) is 4.74 Å². The van der Waals surface area contributed by atoms with Crippen molar-refractivity contribution in [3.63, 3.8) is 0 Å². The fourth-order valence-electron chi connectivity index (χ4n) is 2.60. The Kier molecular flexibility index (Phi) is 6.21. The van der Waals surface area contributed by atoms with Gasteiger partial charge in [-0.3, -0.25) is 0 Å². The van der Waals surface area contributed by atoms with Crippen molar-refractivity contribution < 1.29 is 19.0 Å². The fraction of sp³-hybridized carbons (Fsp3) is 0.588. The summed E-state index contributed by atoms with van der Waals surface area (Å²) >= 11 is 0. The molecule has 1 aliphatic heterocycles. The first-order chi connectivity index (χ1) is 11.0. The van der Waals surface area contributed by atoms with Gasteiger partial charge in [0.2, 0.25) is 0 Å². The van der Waals surface area contributed by atoms with E-state index in [0.29, 0.717) is 18.6 Å². The van der Waals surface area contributed by atoms with Gasteiger partial charge in [-0.2, -0.15) is 0 Å². The van der Waals surface area contributed by atoms with Crippen molar-refractivity contribution in [3.8, 4) is 5.75 Å². The minimum absolute atomic E-state index is 0.122. The third kappa shape index (κ3) is 4.58. The van der Waals surface area contributed by atoms with Gasteiger partial charge in [0, 0.05) is 12.1 Å². The minimum Gasteiger partial charge on any atom is -0.490 e. The maximum Gasteiger partial charge on any atom is 0.315 e. The number of carbonyl (C=O) groups is 1. The van der Waals surface area contributed by atoms with E-state index in [2.05, 4.69) is 10.6 Å². The number of hydrogen-bond acceptors (Lipinski definition) is 3. The highest BCUT2D eigenvalue weighted by Gasteiger charge is 2.24. The zero-order valence-corrected chi connectivity index (χ0v) is 13.6. The average molecular weight is 324 g/mol. The number of ether oxygens (including phenoxy) is 1. The molecular weight excluding hydrogens is 299 g/mol. The van der Waals surface area contributed by atoms with E-state index in [9.17, 15) is 14.3 Å². The predicted octanol–water partition coefficient (Wildman–Crippen LogP) is 2.75. The molecule has 5 nitrogen and oxygen atoms in total. The van der Waals surface area contributed by atoms with Gasteiger partial charge in [0.15, 0.2) is 11.6 Å². The van der Waals surface area contributed by atoms with Crippen LogP contribution in [0.5, 0.6) is 5.75 Å². The fourth-order valence-corrected chi connectivity index (χ4v) is 2.60. The first-order valence-corrected chi connectivity index (χ1v) is 8.16. The van der Waals surface area contributed by atoms with Crippen LogP contribution in [0.4, 0.5) is 9.18 Å². The van der Waals surface area contributed by atoms with Gasteiger partial charge in [-0.15, -0.1) is 0 Å². The summed E-state index contributed by atoms with van der Waals surface area (Å²) in [5, 5.41) is 15.4. The first kappa shape index (κ1) is 17.5. The number of halogens is 1. The molecule has 2 rings (SSSR count). The molecule has 0 aliphatic carbocycles. The van der Waals surface area contributed by atoms with Crippen molar-refractivity contribution in [2.45, 2.75) is 45.3 Å². The summed E-state index contributed by atoms with van der Waals surface area (Å²) in [6.07, 6.45) is 1.68. The highest BCUT2D eigenvalue weighted by Crippen LogP contribution is 2.33. The van der Waals surface area contributed by atoms with Crippen LogP contribution >= 0.6 is 0 Å². The molecule has 0 fully saturated rings. The number of nitrogens with one attached hydrogen (secondary N) is 2. The van der Waals surface area contributed by atoms with E-state index in [-0.39, 0.29) is 30.3 Å². The molecule has 128 valence electrons. The maximum atomic E-state index is 13.9. The molecule has 0 saturated carbocycles. The molecule has 0 saturated heterocycles. The smallest absolute Gasteiger partial charge is 0.315 e. The van der Waals surface area contributed by atoms with Crippen molar-refractivity contribution in [2.75, 3.05) is 13.2 Å². The van der Waals surface area contributed by atoms with Crippen LogP contribution in [-0.4, -0.2) is 30.4 Å². The second-order valence-electron chi connectivity index (χ2n) is 6.01. The van der Waals surface area contributed by atoms with E-state index >= 15 is 0 Å². The average Bonchev–Trinajstić information content (AvgIpc) is 2.75. The topological polar surface area (TPSA) is 70.6 Å². The van der Waals surface area contributed by atoms with Crippen LogP contribution in [0.15, 0.2) is 18.2 Å². The molecule has 1 heterocycles. The minimum atomic E-state index is -0.576. The normalized spacial score (nSPS) is 19.7. The maximum absolute atomic E-state index is 13.9. The lowest BCUT2D eigenvalue weighted by Crippen LogP contribution is -2.42. The summed E-state index contributed by atoms with van der Waals surface area (Å²) in [5.74, 6) is -0.0739. The molecule has 1 aromatic rings. The van der Waals surface area contributed by atoms with E-state index in [1.807, 2.05) is 13.8 Å². The van der Waals surface area contributed by atoms with E-state index < -0.39 is 11.9 Å². The third-order valence-corrected chi connectivity index (χ3v) is 4.33. The molecule has 1 aliphatic rings. The predicted molar refractivity (Wildman–Crippen MR) is 85.9 cm³/mol. The highest BCUT2D eigenvalue weighted by atomic mass is 19.1.